The van der Waals surface area contributed by atoms with Gasteiger partial charge in [0.15, 0.2) is 0 Å². The van der Waals surface area contributed by atoms with E-state index in [0.29, 0.717) is 0 Å². The summed E-state index contributed by atoms with van der Waals surface area (Å²) in [7, 11) is 3.20. The third-order valence-electron chi connectivity index (χ3n) is 3.41. The van der Waals surface area contributed by atoms with Gasteiger partial charge in [-0.1, -0.05) is 12.8 Å². The van der Waals surface area contributed by atoms with Crippen LogP contribution >= 0.6 is 0 Å². The van der Waals surface area contributed by atoms with Gasteiger partial charge in [0.05, 0.1) is 11.8 Å². The zero-order chi connectivity index (χ0) is 13.0. The van der Waals surface area contributed by atoms with Crippen LogP contribution < -0.4 is 5.32 Å². The lowest BCUT2D eigenvalue weighted by molar-refractivity contribution is -0.138. The van der Waals surface area contributed by atoms with Crippen LogP contribution in [0.15, 0.2) is 0 Å². The summed E-state index contributed by atoms with van der Waals surface area (Å²) in [5, 5.41) is 2.39. The first-order valence-corrected chi connectivity index (χ1v) is 5.98. The molecule has 0 spiro atoms. The van der Waals surface area contributed by atoms with Gasteiger partial charge in [0.1, 0.15) is 0 Å². The van der Waals surface area contributed by atoms with Crippen molar-refractivity contribution in [2.75, 3.05) is 14.1 Å². The molecule has 0 radical (unpaired) electrons. The van der Waals surface area contributed by atoms with Crippen LogP contribution in [0.2, 0.25) is 0 Å². The molecule has 1 saturated carbocycles. The Hall–Kier alpha value is -1.39. The van der Waals surface area contributed by atoms with E-state index >= 15 is 0 Å². The number of amides is 3. The van der Waals surface area contributed by atoms with E-state index in [0.717, 1.165) is 25.7 Å². The van der Waals surface area contributed by atoms with E-state index in [1.165, 1.54) is 11.8 Å². The third kappa shape index (κ3) is 3.05. The summed E-state index contributed by atoms with van der Waals surface area (Å²) in [5.41, 5.74) is 0. The van der Waals surface area contributed by atoms with Crippen molar-refractivity contribution in [3.8, 4) is 0 Å². The molecule has 2 unspecified atom stereocenters. The van der Waals surface area contributed by atoms with Gasteiger partial charge in [-0.05, 0) is 12.8 Å². The fourth-order valence-corrected chi connectivity index (χ4v) is 2.33. The van der Waals surface area contributed by atoms with E-state index in [1.807, 2.05) is 0 Å². The maximum absolute atomic E-state index is 11.5. The zero-order valence-corrected chi connectivity index (χ0v) is 10.7. The van der Waals surface area contributed by atoms with Gasteiger partial charge < -0.3 is 5.32 Å². The average molecular weight is 240 g/mol. The molecule has 96 valence electrons. The molecule has 1 saturated heterocycles. The molecule has 2 rings (SSSR count). The van der Waals surface area contributed by atoms with Gasteiger partial charge in [-0.15, -0.1) is 0 Å². The van der Waals surface area contributed by atoms with E-state index in [-0.39, 0.29) is 29.6 Å². The SMILES string of the molecule is CN1C(=O)C2CCCCC2C1=O.CNC(C)=O. The van der Waals surface area contributed by atoms with Crippen molar-refractivity contribution in [3.05, 3.63) is 0 Å². The monoisotopic (exact) mass is 240 g/mol. The van der Waals surface area contributed by atoms with Gasteiger partial charge in [-0.3, -0.25) is 19.3 Å². The molecular formula is C12H20N2O3. The zero-order valence-electron chi connectivity index (χ0n) is 10.7. The normalized spacial score (nSPS) is 27.1. The Morgan fingerprint density at radius 3 is 1.82 bits per heavy atom. The molecule has 2 aliphatic rings. The number of rotatable bonds is 0. The summed E-state index contributed by atoms with van der Waals surface area (Å²) < 4.78 is 0. The van der Waals surface area contributed by atoms with E-state index in [2.05, 4.69) is 5.32 Å². The van der Waals surface area contributed by atoms with E-state index < -0.39 is 0 Å². The van der Waals surface area contributed by atoms with Crippen molar-refractivity contribution in [1.82, 2.24) is 10.2 Å². The maximum Gasteiger partial charge on any atom is 0.232 e. The molecule has 1 aliphatic carbocycles. The van der Waals surface area contributed by atoms with Crippen molar-refractivity contribution < 1.29 is 14.4 Å². The van der Waals surface area contributed by atoms with Gasteiger partial charge in [0.25, 0.3) is 0 Å². The second-order valence-corrected chi connectivity index (χ2v) is 4.54. The average Bonchev–Trinajstić information content (AvgIpc) is 2.56. The number of carbonyl (C=O) groups excluding carboxylic acids is 3. The van der Waals surface area contributed by atoms with Crippen LogP contribution in [0.3, 0.4) is 0 Å². The lowest BCUT2D eigenvalue weighted by Gasteiger charge is -2.19. The summed E-state index contributed by atoms with van der Waals surface area (Å²) >= 11 is 0. The van der Waals surface area contributed by atoms with Crippen LogP contribution in [0, 0.1) is 11.8 Å². The third-order valence-corrected chi connectivity index (χ3v) is 3.41. The second-order valence-electron chi connectivity index (χ2n) is 4.54. The summed E-state index contributed by atoms with van der Waals surface area (Å²) in [6.07, 6.45) is 4.04. The number of imide groups is 1. The standard InChI is InChI=1S/C9H13NO2.C3H7NO/c1-10-8(11)6-4-2-3-5-7(6)9(10)12;1-3(5)4-2/h6-7H,2-5H2,1H3;1-2H3,(H,4,5). The first-order valence-electron chi connectivity index (χ1n) is 5.98. The van der Waals surface area contributed by atoms with Gasteiger partial charge in [0.2, 0.25) is 17.7 Å². The Morgan fingerprint density at radius 1 is 1.18 bits per heavy atom. The van der Waals surface area contributed by atoms with Crippen LogP contribution in [-0.4, -0.2) is 36.7 Å². The predicted molar refractivity (Wildman–Crippen MR) is 63.0 cm³/mol. The highest BCUT2D eigenvalue weighted by atomic mass is 16.2. The van der Waals surface area contributed by atoms with E-state index in [1.54, 1.807) is 14.1 Å². The fraction of sp³-hybridized carbons (Fsp3) is 0.750. The summed E-state index contributed by atoms with van der Waals surface area (Å²) in [6, 6.07) is 0. The fourth-order valence-electron chi connectivity index (χ4n) is 2.33. The molecule has 1 aliphatic heterocycles. The Bertz CT molecular complexity index is 304. The molecule has 0 bridgehead atoms. The van der Waals surface area contributed by atoms with Gasteiger partial charge >= 0.3 is 0 Å². The summed E-state index contributed by atoms with van der Waals surface area (Å²) in [6.45, 7) is 1.47. The van der Waals surface area contributed by atoms with Crippen LogP contribution in [0.4, 0.5) is 0 Å². The minimum absolute atomic E-state index is 0.00463. The molecule has 1 heterocycles. The van der Waals surface area contributed by atoms with Crippen LogP contribution in [0.5, 0.6) is 0 Å². The highest BCUT2D eigenvalue weighted by Crippen LogP contribution is 2.37. The Morgan fingerprint density at radius 2 is 1.53 bits per heavy atom. The lowest BCUT2D eigenvalue weighted by Crippen LogP contribution is -2.25. The largest absolute Gasteiger partial charge is 0.359 e. The molecule has 0 aromatic rings. The van der Waals surface area contributed by atoms with Crippen molar-refractivity contribution in [2.24, 2.45) is 11.8 Å². The number of nitrogens with one attached hydrogen (secondary N) is 1. The molecule has 5 nitrogen and oxygen atoms in total. The Labute approximate surface area is 102 Å². The quantitative estimate of drug-likeness (QED) is 0.629. The molecule has 2 fully saturated rings. The van der Waals surface area contributed by atoms with Crippen LogP contribution in [0.1, 0.15) is 32.6 Å². The van der Waals surface area contributed by atoms with Gasteiger partial charge in [-0.2, -0.15) is 0 Å². The lowest BCUT2D eigenvalue weighted by atomic mass is 9.81. The van der Waals surface area contributed by atoms with Gasteiger partial charge in [0, 0.05) is 21.0 Å². The Balaban J connectivity index is 0.000000249. The second kappa shape index (κ2) is 5.80. The Kier molecular flexibility index (Phi) is 4.66. The van der Waals surface area contributed by atoms with Crippen LogP contribution in [0.25, 0.3) is 0 Å². The van der Waals surface area contributed by atoms with Crippen LogP contribution in [-0.2, 0) is 14.4 Å². The molecule has 1 N–H and O–H groups in total. The molecule has 0 aromatic carbocycles. The van der Waals surface area contributed by atoms with Gasteiger partial charge in [-0.25, -0.2) is 0 Å². The minimum Gasteiger partial charge on any atom is -0.359 e. The van der Waals surface area contributed by atoms with Crippen molar-refractivity contribution >= 4 is 17.7 Å². The minimum atomic E-state index is 0.00463. The molecule has 5 heteroatoms. The van der Waals surface area contributed by atoms with Crippen molar-refractivity contribution in [1.29, 1.82) is 0 Å². The maximum atomic E-state index is 11.5. The number of fused-ring (bicyclic) bond motifs is 1. The number of hydrogen-bond donors (Lipinski definition) is 1. The van der Waals surface area contributed by atoms with Crippen molar-refractivity contribution in [3.63, 3.8) is 0 Å². The molecule has 17 heavy (non-hydrogen) atoms. The number of hydrogen-bond acceptors (Lipinski definition) is 3. The summed E-state index contributed by atoms with van der Waals surface area (Å²) in [5.74, 6) is 0.145. The molecule has 0 aromatic heterocycles. The summed E-state index contributed by atoms with van der Waals surface area (Å²) in [4.78, 5) is 33.9. The molecule has 2 atom stereocenters. The molecular weight excluding hydrogens is 220 g/mol. The van der Waals surface area contributed by atoms with E-state index in [4.69, 9.17) is 0 Å². The number of nitrogens with zero attached hydrogens (tertiary/aromatic N) is 1. The highest BCUT2D eigenvalue weighted by Gasteiger charge is 2.46. The highest BCUT2D eigenvalue weighted by molar-refractivity contribution is 6.04. The van der Waals surface area contributed by atoms with E-state index in [9.17, 15) is 14.4 Å². The first-order chi connectivity index (χ1) is 7.99. The first kappa shape index (κ1) is 13.7. The number of likely N-dealkylation sites (tertiary alicyclic amines) is 1. The smallest absolute Gasteiger partial charge is 0.232 e. The van der Waals surface area contributed by atoms with Crippen molar-refractivity contribution in [2.45, 2.75) is 32.6 Å². The number of carbonyl (C=O) groups is 3. The molecule has 3 amide bonds. The predicted octanol–water partition coefficient (Wildman–Crippen LogP) is 0.544. The topological polar surface area (TPSA) is 66.5 Å².